The van der Waals surface area contributed by atoms with E-state index in [-0.39, 0.29) is 11.9 Å². The van der Waals surface area contributed by atoms with Crippen molar-refractivity contribution >= 4 is 5.91 Å². The maximum absolute atomic E-state index is 13.4. The Balaban J connectivity index is 2.06. The van der Waals surface area contributed by atoms with Gasteiger partial charge in [-0.15, -0.1) is 0 Å². The molecule has 3 aromatic carbocycles. The number of methoxy groups -OCH3 is 1. The molecule has 150 valence electrons. The number of nitrogens with zero attached hydrogens (tertiary/aromatic N) is 1. The number of amides is 1. The fraction of sp³-hybridized carbons (Fsp3) is 0.269. The predicted octanol–water partition coefficient (Wildman–Crippen LogP) is 6.00. The molecule has 0 heterocycles. The van der Waals surface area contributed by atoms with Gasteiger partial charge in [0, 0.05) is 12.0 Å². The van der Waals surface area contributed by atoms with Gasteiger partial charge < -0.3 is 9.64 Å². The van der Waals surface area contributed by atoms with Crippen molar-refractivity contribution in [3.63, 3.8) is 0 Å². The van der Waals surface area contributed by atoms with Crippen molar-refractivity contribution in [3.8, 4) is 5.75 Å². The van der Waals surface area contributed by atoms with Crippen LogP contribution in [0.4, 0.5) is 0 Å². The molecule has 3 heteroatoms. The Hall–Kier alpha value is -3.07. The van der Waals surface area contributed by atoms with Crippen molar-refractivity contribution in [2.45, 2.75) is 38.8 Å². The normalized spacial score (nSPS) is 10.7. The van der Waals surface area contributed by atoms with E-state index in [0.717, 1.165) is 35.3 Å². The number of hydrogen-bond donors (Lipinski definition) is 0. The quantitative estimate of drug-likeness (QED) is 0.450. The summed E-state index contributed by atoms with van der Waals surface area (Å²) in [5.41, 5.74) is 3.23. The summed E-state index contributed by atoms with van der Waals surface area (Å²) < 4.78 is 5.56. The Kier molecular flexibility index (Phi) is 7.46. The Bertz CT molecular complexity index is 853. The van der Waals surface area contributed by atoms with Gasteiger partial charge in [-0.3, -0.25) is 4.79 Å². The van der Waals surface area contributed by atoms with E-state index in [1.165, 1.54) is 0 Å². The number of hydrogen-bond acceptors (Lipinski definition) is 2. The molecular formula is C26H29NO2. The van der Waals surface area contributed by atoms with Crippen LogP contribution < -0.4 is 4.74 Å². The zero-order valence-electron chi connectivity index (χ0n) is 17.3. The van der Waals surface area contributed by atoms with E-state index in [9.17, 15) is 4.79 Å². The second-order valence-corrected chi connectivity index (χ2v) is 7.16. The summed E-state index contributed by atoms with van der Waals surface area (Å²) in [6.07, 6.45) is 2.43. The highest BCUT2D eigenvalue weighted by molar-refractivity contribution is 5.77. The summed E-state index contributed by atoms with van der Waals surface area (Å²) in [5.74, 6) is 0.969. The zero-order valence-corrected chi connectivity index (χ0v) is 17.3. The first-order valence-corrected chi connectivity index (χ1v) is 10.3. The molecule has 0 spiro atoms. The lowest BCUT2D eigenvalue weighted by molar-refractivity contribution is -0.133. The van der Waals surface area contributed by atoms with Crippen molar-refractivity contribution in [1.82, 2.24) is 4.90 Å². The van der Waals surface area contributed by atoms with E-state index in [1.807, 2.05) is 65.6 Å². The third-order valence-corrected chi connectivity index (χ3v) is 5.14. The van der Waals surface area contributed by atoms with Crippen LogP contribution in [0.25, 0.3) is 0 Å². The number of carbonyl (C=O) groups is 1. The van der Waals surface area contributed by atoms with Crippen LogP contribution in [-0.4, -0.2) is 17.9 Å². The van der Waals surface area contributed by atoms with Crippen LogP contribution in [0.1, 0.15) is 48.9 Å². The van der Waals surface area contributed by atoms with Gasteiger partial charge in [0.05, 0.1) is 19.7 Å². The van der Waals surface area contributed by atoms with E-state index >= 15 is 0 Å². The molecule has 0 aromatic heterocycles. The number of rotatable bonds is 9. The second-order valence-electron chi connectivity index (χ2n) is 7.16. The summed E-state index contributed by atoms with van der Waals surface area (Å²) in [6, 6.07) is 28.3. The van der Waals surface area contributed by atoms with E-state index in [1.54, 1.807) is 7.11 Å². The highest BCUT2D eigenvalue weighted by atomic mass is 16.5. The predicted molar refractivity (Wildman–Crippen MR) is 118 cm³/mol. The van der Waals surface area contributed by atoms with Gasteiger partial charge in [-0.05, 0) is 23.6 Å². The Morgan fingerprint density at radius 2 is 1.41 bits per heavy atom. The lowest BCUT2D eigenvalue weighted by Gasteiger charge is -2.33. The summed E-state index contributed by atoms with van der Waals surface area (Å²) in [7, 11) is 1.67. The van der Waals surface area contributed by atoms with Crippen molar-refractivity contribution in [1.29, 1.82) is 0 Å². The van der Waals surface area contributed by atoms with Crippen LogP contribution >= 0.6 is 0 Å². The lowest BCUT2D eigenvalue weighted by Crippen LogP contribution is -2.35. The van der Waals surface area contributed by atoms with Crippen molar-refractivity contribution < 1.29 is 9.53 Å². The molecule has 0 radical (unpaired) electrons. The number of carbonyl (C=O) groups excluding carboxylic acids is 1. The van der Waals surface area contributed by atoms with Crippen molar-refractivity contribution in [2.75, 3.05) is 7.11 Å². The van der Waals surface area contributed by atoms with Gasteiger partial charge in [-0.25, -0.2) is 0 Å². The molecule has 3 aromatic rings. The Morgan fingerprint density at radius 1 is 0.862 bits per heavy atom. The maximum Gasteiger partial charge on any atom is 0.223 e. The highest BCUT2D eigenvalue weighted by Crippen LogP contribution is 2.32. The number of para-hydroxylation sites is 1. The van der Waals surface area contributed by atoms with Gasteiger partial charge in [0.15, 0.2) is 0 Å². The molecule has 0 saturated carbocycles. The average Bonchev–Trinajstić information content (AvgIpc) is 2.78. The Morgan fingerprint density at radius 3 is 1.97 bits per heavy atom. The second kappa shape index (κ2) is 10.5. The monoisotopic (exact) mass is 387 g/mol. The van der Waals surface area contributed by atoms with Crippen LogP contribution in [0.2, 0.25) is 0 Å². The standard InChI is InChI=1S/C26H29NO2/c1-3-4-19-25(28)27(20-23-17-11-12-18-24(23)29-2)26(21-13-7-5-8-14-21)22-15-9-6-10-16-22/h5-18,26H,3-4,19-20H2,1-2H3. The SMILES string of the molecule is CCCCC(=O)N(Cc1ccccc1OC)C(c1ccccc1)c1ccccc1. The molecule has 0 saturated heterocycles. The molecule has 0 atom stereocenters. The number of unbranched alkanes of at least 4 members (excludes halogenated alkanes) is 1. The van der Waals surface area contributed by atoms with Crippen molar-refractivity contribution in [2.24, 2.45) is 0 Å². The zero-order chi connectivity index (χ0) is 20.5. The summed E-state index contributed by atoms with van der Waals surface area (Å²) in [6.45, 7) is 2.62. The largest absolute Gasteiger partial charge is 0.496 e. The van der Waals surface area contributed by atoms with Crippen LogP contribution in [0.15, 0.2) is 84.9 Å². The molecular weight excluding hydrogens is 358 g/mol. The maximum atomic E-state index is 13.4. The Labute approximate surface area is 174 Å². The van der Waals surface area contributed by atoms with Gasteiger partial charge in [0.2, 0.25) is 5.91 Å². The van der Waals surface area contributed by atoms with E-state index in [2.05, 4.69) is 31.2 Å². The van der Waals surface area contributed by atoms with Gasteiger partial charge in [0.1, 0.15) is 5.75 Å². The summed E-state index contributed by atoms with van der Waals surface area (Å²) in [4.78, 5) is 15.4. The minimum Gasteiger partial charge on any atom is -0.496 e. The molecule has 1 amide bonds. The van der Waals surface area contributed by atoms with Crippen LogP contribution in [0.5, 0.6) is 5.75 Å². The molecule has 0 unspecified atom stereocenters. The first-order valence-electron chi connectivity index (χ1n) is 10.3. The van der Waals surface area contributed by atoms with Gasteiger partial charge in [-0.2, -0.15) is 0 Å². The topological polar surface area (TPSA) is 29.5 Å². The highest BCUT2D eigenvalue weighted by Gasteiger charge is 2.27. The fourth-order valence-corrected chi connectivity index (χ4v) is 3.64. The smallest absolute Gasteiger partial charge is 0.223 e. The van der Waals surface area contributed by atoms with Crippen LogP contribution in [-0.2, 0) is 11.3 Å². The third-order valence-electron chi connectivity index (χ3n) is 5.14. The van der Waals surface area contributed by atoms with Gasteiger partial charge >= 0.3 is 0 Å². The molecule has 3 nitrogen and oxygen atoms in total. The van der Waals surface area contributed by atoms with E-state index in [0.29, 0.717) is 13.0 Å². The minimum atomic E-state index is -0.147. The van der Waals surface area contributed by atoms with E-state index in [4.69, 9.17) is 4.74 Å². The molecule has 0 N–H and O–H groups in total. The van der Waals surface area contributed by atoms with E-state index < -0.39 is 0 Å². The van der Waals surface area contributed by atoms with Gasteiger partial charge in [-0.1, -0.05) is 92.2 Å². The minimum absolute atomic E-state index is 0.147. The molecule has 0 aliphatic rings. The number of ether oxygens (including phenoxy) is 1. The molecule has 0 aliphatic heterocycles. The fourth-order valence-electron chi connectivity index (χ4n) is 3.64. The third kappa shape index (κ3) is 5.26. The van der Waals surface area contributed by atoms with Crippen LogP contribution in [0, 0.1) is 0 Å². The first kappa shape index (κ1) is 20.7. The van der Waals surface area contributed by atoms with Gasteiger partial charge in [0.25, 0.3) is 0 Å². The molecule has 0 fully saturated rings. The van der Waals surface area contributed by atoms with Crippen molar-refractivity contribution in [3.05, 3.63) is 102 Å². The van der Waals surface area contributed by atoms with Crippen LogP contribution in [0.3, 0.4) is 0 Å². The first-order chi connectivity index (χ1) is 14.2. The molecule has 3 rings (SSSR count). The molecule has 0 bridgehead atoms. The lowest BCUT2D eigenvalue weighted by atomic mass is 9.95. The molecule has 0 aliphatic carbocycles. The summed E-state index contributed by atoms with van der Waals surface area (Å²) in [5, 5.41) is 0. The molecule has 29 heavy (non-hydrogen) atoms. The average molecular weight is 388 g/mol. The summed E-state index contributed by atoms with van der Waals surface area (Å²) >= 11 is 0. The number of benzene rings is 3.